The van der Waals surface area contributed by atoms with E-state index in [1.54, 1.807) is 0 Å². The van der Waals surface area contributed by atoms with E-state index in [-0.39, 0.29) is 11.4 Å². The summed E-state index contributed by atoms with van der Waals surface area (Å²) in [5, 5.41) is 0. The highest BCUT2D eigenvalue weighted by atomic mass is 19.3. The van der Waals surface area contributed by atoms with E-state index < -0.39 is 53.6 Å². The lowest BCUT2D eigenvalue weighted by Crippen LogP contribution is -2.43. The van der Waals surface area contributed by atoms with E-state index in [0.29, 0.717) is 6.29 Å². The predicted molar refractivity (Wildman–Crippen MR) is 73.5 cm³/mol. The van der Waals surface area contributed by atoms with Crippen LogP contribution in [-0.2, 0) is 0 Å². The molecule has 0 aliphatic heterocycles. The first-order chi connectivity index (χ1) is 11.3. The predicted octanol–water partition coefficient (Wildman–Crippen LogP) is 4.15. The lowest BCUT2D eigenvalue weighted by molar-refractivity contribution is -0.134. The summed E-state index contributed by atoms with van der Waals surface area (Å²) in [7, 11) is 0. The van der Waals surface area contributed by atoms with E-state index in [0.717, 1.165) is 24.3 Å². The van der Waals surface area contributed by atoms with Crippen LogP contribution in [0.15, 0.2) is 24.3 Å². The van der Waals surface area contributed by atoms with Crippen molar-refractivity contribution in [1.29, 1.82) is 0 Å². The molecule has 2 aromatic rings. The number of benzene rings is 1. The second-order valence-corrected chi connectivity index (χ2v) is 5.45. The molecule has 0 N–H and O–H groups in total. The van der Waals surface area contributed by atoms with Gasteiger partial charge in [-0.05, 0) is 12.1 Å². The third-order valence-corrected chi connectivity index (χ3v) is 3.60. The van der Waals surface area contributed by atoms with Crippen molar-refractivity contribution >= 4 is 6.29 Å². The molecule has 1 saturated carbocycles. The molecule has 0 radical (unpaired) electrons. The van der Waals surface area contributed by atoms with Crippen molar-refractivity contribution in [2.75, 3.05) is 0 Å². The fraction of sp³-hybridized carbons (Fsp3) is 0.250. The third kappa shape index (κ3) is 3.08. The number of rotatable bonds is 4. The number of carbonyl (C=O) groups excluding carboxylic acids is 1. The van der Waals surface area contributed by atoms with Gasteiger partial charge in [0.1, 0.15) is 40.7 Å². The molecule has 0 saturated heterocycles. The number of pyridine rings is 1. The number of aromatic nitrogens is 1. The van der Waals surface area contributed by atoms with E-state index in [9.17, 15) is 26.7 Å². The van der Waals surface area contributed by atoms with E-state index in [1.807, 2.05) is 0 Å². The molecule has 3 rings (SSSR count). The van der Waals surface area contributed by atoms with E-state index in [4.69, 9.17) is 4.74 Å². The van der Waals surface area contributed by atoms with Crippen LogP contribution < -0.4 is 4.74 Å². The Kier molecular flexibility index (Phi) is 3.98. The van der Waals surface area contributed by atoms with E-state index in [1.165, 1.54) is 0 Å². The Hall–Kier alpha value is -2.51. The maximum atomic E-state index is 14.2. The molecule has 126 valence electrons. The van der Waals surface area contributed by atoms with Crippen LogP contribution in [0.5, 0.6) is 5.75 Å². The largest absolute Gasteiger partial charge is 0.490 e. The highest BCUT2D eigenvalue weighted by Gasteiger charge is 2.47. The number of ether oxygens (including phenoxy) is 1. The summed E-state index contributed by atoms with van der Waals surface area (Å²) in [5.41, 5.74) is -1.61. The third-order valence-electron chi connectivity index (χ3n) is 3.60. The van der Waals surface area contributed by atoms with Crippen molar-refractivity contribution in [2.45, 2.75) is 24.9 Å². The van der Waals surface area contributed by atoms with Crippen LogP contribution in [0.25, 0.3) is 11.3 Å². The molecule has 0 unspecified atom stereocenters. The molecule has 1 aliphatic rings. The summed E-state index contributed by atoms with van der Waals surface area (Å²) in [4.78, 5) is 14.2. The van der Waals surface area contributed by atoms with Gasteiger partial charge in [0.2, 0.25) is 0 Å². The summed E-state index contributed by atoms with van der Waals surface area (Å²) in [6.45, 7) is 0. The highest BCUT2D eigenvalue weighted by molar-refractivity contribution is 5.74. The van der Waals surface area contributed by atoms with Gasteiger partial charge in [0, 0.05) is 25.0 Å². The first-order valence-corrected chi connectivity index (χ1v) is 6.95. The average molecular weight is 343 g/mol. The Morgan fingerprint density at radius 2 is 1.71 bits per heavy atom. The quantitative estimate of drug-likeness (QED) is 0.618. The summed E-state index contributed by atoms with van der Waals surface area (Å²) < 4.78 is 72.7. The normalized spacial score (nSPS) is 16.5. The standard InChI is InChI=1S/C16H10F5NO2/c17-11-2-1-8(7-23)22-15(11)14-12(18)3-9(4-13(14)19)24-10-5-16(20,21)6-10/h1-4,7,10H,5-6H2. The Balaban J connectivity index is 1.92. The molecule has 0 spiro atoms. The van der Waals surface area contributed by atoms with Crippen molar-refractivity contribution in [1.82, 2.24) is 4.98 Å². The molecular formula is C16H10F5NO2. The van der Waals surface area contributed by atoms with Crippen LogP contribution in [-0.4, -0.2) is 23.3 Å². The van der Waals surface area contributed by atoms with Gasteiger partial charge in [-0.2, -0.15) is 0 Å². The number of alkyl halides is 2. The minimum atomic E-state index is -2.83. The van der Waals surface area contributed by atoms with Gasteiger partial charge in [-0.3, -0.25) is 4.79 Å². The number of hydrogen-bond donors (Lipinski definition) is 0. The maximum absolute atomic E-state index is 14.2. The first-order valence-electron chi connectivity index (χ1n) is 6.95. The van der Waals surface area contributed by atoms with Gasteiger partial charge in [0.15, 0.2) is 6.29 Å². The van der Waals surface area contributed by atoms with Crippen molar-refractivity contribution in [3.8, 4) is 17.0 Å². The summed E-state index contributed by atoms with van der Waals surface area (Å²) in [6.07, 6.45) is -1.59. The topological polar surface area (TPSA) is 39.2 Å². The lowest BCUT2D eigenvalue weighted by Gasteiger charge is -2.34. The Bertz CT molecular complexity index is 778. The second kappa shape index (κ2) is 5.85. The van der Waals surface area contributed by atoms with Crippen molar-refractivity contribution in [3.63, 3.8) is 0 Å². The van der Waals surface area contributed by atoms with Gasteiger partial charge >= 0.3 is 0 Å². The van der Waals surface area contributed by atoms with Crippen LogP contribution in [0.4, 0.5) is 22.0 Å². The molecule has 0 atom stereocenters. The van der Waals surface area contributed by atoms with Crippen LogP contribution in [0.2, 0.25) is 0 Å². The number of nitrogens with zero attached hydrogens (tertiary/aromatic N) is 1. The van der Waals surface area contributed by atoms with Crippen LogP contribution in [0, 0.1) is 17.5 Å². The Labute approximate surface area is 133 Å². The second-order valence-electron chi connectivity index (χ2n) is 5.45. The zero-order valence-corrected chi connectivity index (χ0v) is 12.0. The lowest BCUT2D eigenvalue weighted by atomic mass is 9.91. The number of halogens is 5. The van der Waals surface area contributed by atoms with E-state index in [2.05, 4.69) is 4.98 Å². The van der Waals surface area contributed by atoms with Gasteiger partial charge in [-0.15, -0.1) is 0 Å². The summed E-state index contributed by atoms with van der Waals surface area (Å²) >= 11 is 0. The van der Waals surface area contributed by atoms with Crippen LogP contribution in [0.1, 0.15) is 23.3 Å². The van der Waals surface area contributed by atoms with Crippen LogP contribution >= 0.6 is 0 Å². The minimum Gasteiger partial charge on any atom is -0.490 e. The fourth-order valence-corrected chi connectivity index (χ4v) is 2.42. The van der Waals surface area contributed by atoms with Crippen molar-refractivity contribution in [2.24, 2.45) is 0 Å². The molecule has 0 amide bonds. The highest BCUT2D eigenvalue weighted by Crippen LogP contribution is 2.40. The van der Waals surface area contributed by atoms with Crippen molar-refractivity contribution < 1.29 is 31.5 Å². The fourth-order valence-electron chi connectivity index (χ4n) is 2.42. The monoisotopic (exact) mass is 343 g/mol. The molecule has 3 nitrogen and oxygen atoms in total. The molecule has 1 aliphatic carbocycles. The molecular weight excluding hydrogens is 333 g/mol. The number of aldehydes is 1. The van der Waals surface area contributed by atoms with Gasteiger partial charge in [0.25, 0.3) is 5.92 Å². The molecule has 24 heavy (non-hydrogen) atoms. The van der Waals surface area contributed by atoms with Gasteiger partial charge in [-0.25, -0.2) is 26.9 Å². The minimum absolute atomic E-state index is 0.192. The molecule has 1 heterocycles. The van der Waals surface area contributed by atoms with Gasteiger partial charge in [-0.1, -0.05) is 0 Å². The van der Waals surface area contributed by atoms with Gasteiger partial charge in [0.05, 0.1) is 5.56 Å². The first kappa shape index (κ1) is 16.4. The smallest absolute Gasteiger partial charge is 0.255 e. The van der Waals surface area contributed by atoms with Crippen LogP contribution in [0.3, 0.4) is 0 Å². The van der Waals surface area contributed by atoms with Crippen molar-refractivity contribution in [3.05, 3.63) is 47.4 Å². The summed E-state index contributed by atoms with van der Waals surface area (Å²) in [5.74, 6) is -6.47. The summed E-state index contributed by atoms with van der Waals surface area (Å²) in [6, 6.07) is 3.47. The number of hydrogen-bond acceptors (Lipinski definition) is 3. The number of carbonyl (C=O) groups is 1. The molecule has 1 aromatic heterocycles. The SMILES string of the molecule is O=Cc1ccc(F)c(-c2c(F)cc(OC3CC(F)(F)C3)cc2F)n1. The molecule has 8 heteroatoms. The van der Waals surface area contributed by atoms with Gasteiger partial charge < -0.3 is 4.74 Å². The molecule has 0 bridgehead atoms. The average Bonchev–Trinajstić information content (AvgIpc) is 2.46. The molecule has 1 aromatic carbocycles. The molecule has 1 fully saturated rings. The maximum Gasteiger partial charge on any atom is 0.255 e. The Morgan fingerprint density at radius 1 is 1.08 bits per heavy atom. The Morgan fingerprint density at radius 3 is 2.25 bits per heavy atom. The van der Waals surface area contributed by atoms with E-state index >= 15 is 0 Å². The zero-order chi connectivity index (χ0) is 17.5. The zero-order valence-electron chi connectivity index (χ0n) is 12.0.